The van der Waals surface area contributed by atoms with Gasteiger partial charge in [0.1, 0.15) is 0 Å². The predicted octanol–water partition coefficient (Wildman–Crippen LogP) is 7.15. The molecular formula is C14H36Cl2P2Ti6. The average molecular weight is 624 g/mol. The maximum atomic E-state index is 4.89. The fourth-order valence-electron chi connectivity index (χ4n) is 0.408. The van der Waals surface area contributed by atoms with Crippen molar-refractivity contribution in [1.82, 2.24) is 0 Å². The smallest absolute Gasteiger partial charge is 0 e. The van der Waals surface area contributed by atoms with Crippen LogP contribution < -0.4 is 0 Å². The molecule has 0 aromatic rings. The summed E-state index contributed by atoms with van der Waals surface area (Å²) in [5.41, 5.74) is 0. The van der Waals surface area contributed by atoms with Gasteiger partial charge in [-0.05, 0) is 12.3 Å². The van der Waals surface area contributed by atoms with Crippen LogP contribution in [0.3, 0.4) is 0 Å². The van der Waals surface area contributed by atoms with E-state index in [0.717, 1.165) is 12.8 Å². The fraction of sp³-hybridized carbons (Fsp3) is 0.857. The zero-order valence-corrected chi connectivity index (χ0v) is 29.2. The Hall–Kier alpha value is 5.73. The summed E-state index contributed by atoms with van der Waals surface area (Å²) in [6, 6.07) is 0. The van der Waals surface area contributed by atoms with Gasteiger partial charge in [0.15, 0.2) is 0 Å². The zero-order valence-electron chi connectivity index (χ0n) is 16.0. The topological polar surface area (TPSA) is 0 Å². The van der Waals surface area contributed by atoms with E-state index in [2.05, 4.69) is 46.2 Å². The molecule has 0 bridgehead atoms. The van der Waals surface area contributed by atoms with Crippen LogP contribution in [0.15, 0.2) is 0 Å². The molecule has 0 aliphatic rings. The van der Waals surface area contributed by atoms with Crippen molar-refractivity contribution >= 4 is 37.1 Å². The third kappa shape index (κ3) is 209. The Morgan fingerprint density at radius 1 is 0.708 bits per heavy atom. The number of hydrogen-bond donors (Lipinski definition) is 0. The van der Waals surface area contributed by atoms with Crippen LogP contribution in [-0.2, 0) is 126 Å². The Labute approximate surface area is 251 Å². The molecule has 2 unspecified atom stereocenters. The maximum Gasteiger partial charge on any atom is 2.00 e. The van der Waals surface area contributed by atoms with Gasteiger partial charge >= 0.3 is 57.4 Å². The first kappa shape index (κ1) is 63.0. The largest absolute Gasteiger partial charge is 2.00 e. The van der Waals surface area contributed by atoms with E-state index in [1.54, 1.807) is 0 Å². The maximum absolute atomic E-state index is 4.89. The van der Waals surface area contributed by atoms with Gasteiger partial charge in [-0.15, -0.1) is 18.5 Å². The van der Waals surface area contributed by atoms with Crippen molar-refractivity contribution in [2.75, 3.05) is 12.3 Å². The first-order valence-electron chi connectivity index (χ1n) is 7.02. The summed E-state index contributed by atoms with van der Waals surface area (Å²) in [7, 11) is 15.2. The number of halogens is 2. The minimum absolute atomic E-state index is 0. The molecule has 0 aromatic heterocycles. The Bertz CT molecular complexity index is 79.5. The summed E-state index contributed by atoms with van der Waals surface area (Å²) in [5, 5.41) is 0. The summed E-state index contributed by atoms with van der Waals surface area (Å²) >= 11 is -0.556. The van der Waals surface area contributed by atoms with Gasteiger partial charge < -0.3 is 13.8 Å². The Morgan fingerprint density at radius 2 is 0.833 bits per heavy atom. The van der Waals surface area contributed by atoms with Gasteiger partial charge in [-0.1, -0.05) is 53.4 Å². The fourth-order valence-corrected chi connectivity index (χ4v) is 1.22. The quantitative estimate of drug-likeness (QED) is 0.177. The summed E-state index contributed by atoms with van der Waals surface area (Å²) in [4.78, 5) is 0. The van der Waals surface area contributed by atoms with Crippen LogP contribution in [0.5, 0.6) is 0 Å². The molecule has 0 fully saturated rings. The third-order valence-corrected chi connectivity index (χ3v) is 1.93. The van der Waals surface area contributed by atoms with Gasteiger partial charge in [0, 0.05) is 86.9 Å². The molecule has 0 saturated heterocycles. The van der Waals surface area contributed by atoms with Gasteiger partial charge in [0.25, 0.3) is 0 Å². The molecule has 10 heteroatoms. The zero-order chi connectivity index (χ0) is 16.4. The van der Waals surface area contributed by atoms with E-state index in [1.165, 1.54) is 38.0 Å². The van der Waals surface area contributed by atoms with Crippen molar-refractivity contribution < 1.29 is 126 Å². The monoisotopic (exact) mass is 624 g/mol. The van der Waals surface area contributed by atoms with Crippen molar-refractivity contribution in [1.29, 1.82) is 0 Å². The first-order chi connectivity index (χ1) is 9.07. The normalized spacial score (nSPS) is 5.58. The van der Waals surface area contributed by atoms with E-state index in [-0.39, 0.29) is 109 Å². The molecule has 0 nitrogen and oxygen atoms in total. The molecule has 0 aromatic carbocycles. The van der Waals surface area contributed by atoms with E-state index in [4.69, 9.17) is 18.6 Å². The Kier molecular flexibility index (Phi) is 267. The molecule has 0 N–H and O–H groups in total. The van der Waals surface area contributed by atoms with Crippen molar-refractivity contribution in [3.8, 4) is 0 Å². The minimum atomic E-state index is -0.556. The van der Waals surface area contributed by atoms with Gasteiger partial charge in [0.05, 0.1) is 0 Å². The van der Waals surface area contributed by atoms with Crippen molar-refractivity contribution in [3.05, 3.63) is 13.8 Å². The molecule has 0 saturated carbocycles. The number of hydrogen-bond acceptors (Lipinski definition) is 0. The molecule has 0 heterocycles. The van der Waals surface area contributed by atoms with Gasteiger partial charge in [-0.25, -0.2) is 0 Å². The third-order valence-electron chi connectivity index (χ3n) is 1.12. The Balaban J connectivity index is -0.0000000124. The molecular weight excluding hydrogens is 588 g/mol. The van der Waals surface area contributed by atoms with Gasteiger partial charge in [-0.2, -0.15) is 12.8 Å². The predicted molar refractivity (Wildman–Crippen MR) is 102 cm³/mol. The standard InChI is InChI=1S/2C4H11P.2C3H7.2ClH.6Ti/c2*1-2-3-4-5;2*1-3-2;;;;;;;;/h2*2-5H2,1H3;2*1,3H2,2H3;2*1H;;;;;;/q;;2*-1;;;;;;;2*+2/p-2. The summed E-state index contributed by atoms with van der Waals surface area (Å²) in [6.07, 6.45) is 9.87. The summed E-state index contributed by atoms with van der Waals surface area (Å²) in [6.45, 7) is 15.4. The molecule has 24 heavy (non-hydrogen) atoms. The second-order valence-corrected chi connectivity index (χ2v) is 7.09. The van der Waals surface area contributed by atoms with E-state index in [0.29, 0.717) is 0 Å². The minimum Gasteiger partial charge on any atom is 0 e. The van der Waals surface area contributed by atoms with Crippen LogP contribution in [0.1, 0.15) is 66.2 Å². The van der Waals surface area contributed by atoms with E-state index in [9.17, 15) is 0 Å². The molecule has 0 amide bonds. The first-order valence-corrected chi connectivity index (χ1v) is 13.0. The summed E-state index contributed by atoms with van der Waals surface area (Å²) < 4.78 is 0. The molecule has 140 valence electrons. The molecule has 0 rings (SSSR count). The number of rotatable bonds is 4. The molecule has 2 atom stereocenters. The second kappa shape index (κ2) is 102. The van der Waals surface area contributed by atoms with Crippen molar-refractivity contribution in [2.24, 2.45) is 0 Å². The van der Waals surface area contributed by atoms with Crippen molar-refractivity contribution in [3.63, 3.8) is 0 Å². The molecule has 0 spiro atoms. The van der Waals surface area contributed by atoms with Crippen LogP contribution in [0.4, 0.5) is 0 Å². The van der Waals surface area contributed by atoms with Crippen LogP contribution in [-0.4, -0.2) is 12.3 Å². The van der Waals surface area contributed by atoms with Crippen molar-refractivity contribution in [2.45, 2.75) is 66.2 Å². The Morgan fingerprint density at radius 3 is 0.833 bits per heavy atom. The van der Waals surface area contributed by atoms with Gasteiger partial charge in [-0.3, -0.25) is 0 Å². The summed E-state index contributed by atoms with van der Waals surface area (Å²) in [5.74, 6) is 0. The van der Waals surface area contributed by atoms with E-state index in [1.807, 2.05) is 13.8 Å². The van der Waals surface area contributed by atoms with Gasteiger partial charge in [0.2, 0.25) is 0 Å². The average Bonchev–Trinajstić information content (AvgIpc) is 2.35. The van der Waals surface area contributed by atoms with Crippen LogP contribution in [0, 0.1) is 13.8 Å². The van der Waals surface area contributed by atoms with E-state index >= 15 is 0 Å². The van der Waals surface area contributed by atoms with Crippen LogP contribution in [0.25, 0.3) is 0 Å². The molecule has 0 radical (unpaired) electrons. The van der Waals surface area contributed by atoms with Crippen LogP contribution in [0.2, 0.25) is 0 Å². The molecule has 0 aliphatic heterocycles. The van der Waals surface area contributed by atoms with E-state index < -0.39 is 17.0 Å². The number of unbranched alkanes of at least 4 members (excludes halogenated alkanes) is 2. The second-order valence-electron chi connectivity index (χ2n) is 3.36. The molecule has 0 aliphatic carbocycles. The SMILES string of the molecule is CCCCP.CCCCP.[CH2-]CC.[CH2-]CC.[Cl][Ti][Cl].[Ti+2].[Ti].[Ti].[Ti].[Ti]. The van der Waals surface area contributed by atoms with Crippen LogP contribution >= 0.6 is 37.1 Å².